The third-order valence-corrected chi connectivity index (χ3v) is 11.3. The first kappa shape index (κ1) is 30.6. The maximum Gasteiger partial charge on any atom is 0.126 e. The van der Waals surface area contributed by atoms with Crippen LogP contribution in [0.5, 0.6) is 0 Å². The normalized spacial score (nSPS) is 27.0. The molecule has 224 valence electrons. The second-order valence-corrected chi connectivity index (χ2v) is 14.0. The van der Waals surface area contributed by atoms with Crippen LogP contribution in [0.2, 0.25) is 0 Å². The van der Waals surface area contributed by atoms with Crippen molar-refractivity contribution in [2.45, 2.75) is 148 Å². The van der Waals surface area contributed by atoms with Gasteiger partial charge in [-0.05, 0) is 147 Å². The second-order valence-electron chi connectivity index (χ2n) is 14.0. The monoisotopic (exact) mass is 556 g/mol. The highest BCUT2D eigenvalue weighted by atomic mass is 19.1. The molecular weight excluding hydrogens is 499 g/mol. The number of benzene rings is 2. The highest BCUT2D eigenvalue weighted by Crippen LogP contribution is 2.44. The molecule has 2 fully saturated rings. The molecule has 0 heterocycles. The maximum atomic E-state index is 14.7. The van der Waals surface area contributed by atoms with E-state index in [0.717, 1.165) is 42.1 Å². The van der Waals surface area contributed by atoms with Gasteiger partial charge in [-0.3, -0.25) is 0 Å². The molecular formula is C40H57F. The van der Waals surface area contributed by atoms with Gasteiger partial charge in [-0.25, -0.2) is 4.39 Å². The van der Waals surface area contributed by atoms with Gasteiger partial charge in [-0.2, -0.15) is 0 Å². The zero-order valence-electron chi connectivity index (χ0n) is 26.3. The van der Waals surface area contributed by atoms with E-state index >= 15 is 0 Å². The van der Waals surface area contributed by atoms with Gasteiger partial charge in [0.2, 0.25) is 0 Å². The molecule has 1 unspecified atom stereocenters. The zero-order chi connectivity index (χ0) is 28.4. The highest BCUT2D eigenvalue weighted by Gasteiger charge is 2.30. The van der Waals surface area contributed by atoms with Crippen LogP contribution >= 0.6 is 0 Å². The third kappa shape index (κ3) is 8.36. The molecule has 1 atom stereocenters. The van der Waals surface area contributed by atoms with Gasteiger partial charge in [0, 0.05) is 0 Å². The Hall–Kier alpha value is -1.89. The Kier molecular flexibility index (Phi) is 11.6. The van der Waals surface area contributed by atoms with Crippen LogP contribution in [-0.2, 0) is 6.42 Å². The van der Waals surface area contributed by atoms with Crippen LogP contribution in [-0.4, -0.2) is 0 Å². The van der Waals surface area contributed by atoms with Crippen molar-refractivity contribution in [3.63, 3.8) is 0 Å². The lowest BCUT2D eigenvalue weighted by Crippen LogP contribution is -2.22. The number of aryl methyl sites for hydroxylation is 1. The topological polar surface area (TPSA) is 0 Å². The second kappa shape index (κ2) is 15.5. The van der Waals surface area contributed by atoms with Gasteiger partial charge < -0.3 is 0 Å². The van der Waals surface area contributed by atoms with Crippen molar-refractivity contribution < 1.29 is 4.39 Å². The predicted molar refractivity (Wildman–Crippen MR) is 175 cm³/mol. The number of allylic oxidation sites excluding steroid dienone is 2. The molecule has 1 heteroatoms. The largest absolute Gasteiger partial charge is 0.207 e. The number of unbranched alkanes of at least 4 members (excludes halogenated alkanes) is 4. The number of rotatable bonds is 12. The molecule has 0 aliphatic heterocycles. The fourth-order valence-electron chi connectivity index (χ4n) is 8.49. The SMILES string of the molecule is CCCCCc1ccc(C2CCC(C3CC=C(c4ccc(C5CCC(CCCCC)CC5)cc4)CC3)CC2)cc1F. The van der Waals surface area contributed by atoms with E-state index in [2.05, 4.69) is 56.3 Å². The van der Waals surface area contributed by atoms with E-state index in [4.69, 9.17) is 0 Å². The molecule has 2 aromatic carbocycles. The van der Waals surface area contributed by atoms with E-state index in [1.165, 1.54) is 120 Å². The molecule has 0 aromatic heterocycles. The molecule has 0 bridgehead atoms. The number of hydrogen-bond acceptors (Lipinski definition) is 0. The van der Waals surface area contributed by atoms with Crippen molar-refractivity contribution in [1.29, 1.82) is 0 Å². The Labute approximate surface area is 251 Å². The van der Waals surface area contributed by atoms with Crippen LogP contribution in [0.15, 0.2) is 48.5 Å². The summed E-state index contributed by atoms with van der Waals surface area (Å²) in [7, 11) is 0. The molecule has 2 aromatic rings. The summed E-state index contributed by atoms with van der Waals surface area (Å²) in [6.07, 6.45) is 27.2. The van der Waals surface area contributed by atoms with Gasteiger partial charge in [-0.1, -0.05) is 94.8 Å². The summed E-state index contributed by atoms with van der Waals surface area (Å²) in [4.78, 5) is 0. The summed E-state index contributed by atoms with van der Waals surface area (Å²) in [6.45, 7) is 4.52. The van der Waals surface area contributed by atoms with E-state index < -0.39 is 0 Å². The molecule has 5 rings (SSSR count). The summed E-state index contributed by atoms with van der Waals surface area (Å²) in [5.74, 6) is 4.04. The average Bonchev–Trinajstić information content (AvgIpc) is 3.03. The van der Waals surface area contributed by atoms with Crippen molar-refractivity contribution in [3.8, 4) is 0 Å². The number of hydrogen-bond donors (Lipinski definition) is 0. The molecule has 0 nitrogen and oxygen atoms in total. The Morgan fingerprint density at radius 1 is 0.659 bits per heavy atom. The Balaban J connectivity index is 1.06. The minimum atomic E-state index is 0.0314. The first-order chi connectivity index (χ1) is 20.1. The first-order valence-corrected chi connectivity index (χ1v) is 17.7. The van der Waals surface area contributed by atoms with Gasteiger partial charge in [0.15, 0.2) is 0 Å². The molecule has 0 radical (unpaired) electrons. The zero-order valence-corrected chi connectivity index (χ0v) is 26.3. The van der Waals surface area contributed by atoms with Crippen LogP contribution < -0.4 is 0 Å². The van der Waals surface area contributed by atoms with Crippen molar-refractivity contribution in [3.05, 3.63) is 76.6 Å². The minimum absolute atomic E-state index is 0.0314. The van der Waals surface area contributed by atoms with Crippen LogP contribution in [0.4, 0.5) is 4.39 Å². The maximum absolute atomic E-state index is 14.7. The van der Waals surface area contributed by atoms with Gasteiger partial charge in [0.05, 0.1) is 0 Å². The molecule has 41 heavy (non-hydrogen) atoms. The summed E-state index contributed by atoms with van der Waals surface area (Å²) in [6, 6.07) is 15.9. The van der Waals surface area contributed by atoms with E-state index in [1.54, 1.807) is 11.1 Å². The van der Waals surface area contributed by atoms with E-state index in [-0.39, 0.29) is 5.82 Å². The van der Waals surface area contributed by atoms with Gasteiger partial charge in [-0.15, -0.1) is 0 Å². The van der Waals surface area contributed by atoms with Gasteiger partial charge in [0.25, 0.3) is 0 Å². The fourth-order valence-corrected chi connectivity index (χ4v) is 8.49. The highest BCUT2D eigenvalue weighted by molar-refractivity contribution is 5.66. The molecule has 2 saturated carbocycles. The van der Waals surface area contributed by atoms with E-state index in [9.17, 15) is 4.39 Å². The Morgan fingerprint density at radius 2 is 1.32 bits per heavy atom. The molecule has 3 aliphatic carbocycles. The Bertz CT molecular complexity index is 1080. The predicted octanol–water partition coefficient (Wildman–Crippen LogP) is 12.6. The minimum Gasteiger partial charge on any atom is -0.207 e. The van der Waals surface area contributed by atoms with Gasteiger partial charge >= 0.3 is 0 Å². The molecule has 3 aliphatic rings. The van der Waals surface area contributed by atoms with Crippen molar-refractivity contribution in [2.24, 2.45) is 17.8 Å². The molecule has 0 spiro atoms. The summed E-state index contributed by atoms with van der Waals surface area (Å²) >= 11 is 0. The van der Waals surface area contributed by atoms with E-state index in [0.29, 0.717) is 5.92 Å². The summed E-state index contributed by atoms with van der Waals surface area (Å²) < 4.78 is 14.7. The standard InChI is InChI=1S/C40H57F/c1-3-5-7-9-30-11-13-31(14-12-30)32-15-17-33(18-16-32)34-19-21-35(22-20-34)36-23-25-37(26-24-36)39-28-27-38(40(41)29-39)10-8-6-4-2/h15-19,27-31,35-37H,3-14,20-26H2,1-2H3. The average molecular weight is 557 g/mol. The lowest BCUT2D eigenvalue weighted by molar-refractivity contribution is 0.220. The number of halogens is 1. The van der Waals surface area contributed by atoms with Gasteiger partial charge in [0.1, 0.15) is 5.82 Å². The van der Waals surface area contributed by atoms with Crippen molar-refractivity contribution in [1.82, 2.24) is 0 Å². The van der Waals surface area contributed by atoms with Crippen molar-refractivity contribution in [2.75, 3.05) is 0 Å². The third-order valence-electron chi connectivity index (χ3n) is 11.3. The summed E-state index contributed by atoms with van der Waals surface area (Å²) in [5.41, 5.74) is 6.78. The smallest absolute Gasteiger partial charge is 0.126 e. The Morgan fingerprint density at radius 3 is 1.98 bits per heavy atom. The van der Waals surface area contributed by atoms with Crippen LogP contribution in [0.3, 0.4) is 0 Å². The van der Waals surface area contributed by atoms with Crippen LogP contribution in [0.25, 0.3) is 5.57 Å². The van der Waals surface area contributed by atoms with E-state index in [1.807, 2.05) is 6.07 Å². The summed E-state index contributed by atoms with van der Waals surface area (Å²) in [5, 5.41) is 0. The lowest BCUT2D eigenvalue weighted by Gasteiger charge is -2.36. The van der Waals surface area contributed by atoms with Crippen molar-refractivity contribution >= 4 is 5.57 Å². The molecule has 0 amide bonds. The fraction of sp³-hybridized carbons (Fsp3) is 0.650. The first-order valence-electron chi connectivity index (χ1n) is 17.7. The lowest BCUT2D eigenvalue weighted by atomic mass is 9.70. The molecule has 0 saturated heterocycles. The van der Waals surface area contributed by atoms with Crippen LogP contribution in [0.1, 0.15) is 164 Å². The molecule has 0 N–H and O–H groups in total. The van der Waals surface area contributed by atoms with Crippen LogP contribution in [0, 0.1) is 23.6 Å². The quantitative estimate of drug-likeness (QED) is 0.228.